The highest BCUT2D eigenvalue weighted by Crippen LogP contribution is 2.30. The van der Waals surface area contributed by atoms with E-state index in [0.717, 1.165) is 6.42 Å². The predicted molar refractivity (Wildman–Crippen MR) is 75.8 cm³/mol. The highest BCUT2D eigenvalue weighted by atomic mass is 32.1. The average molecular weight is 245 g/mol. The lowest BCUT2D eigenvalue weighted by Gasteiger charge is -2.17. The first-order valence-corrected chi connectivity index (χ1v) is 6.94. The molecule has 17 heavy (non-hydrogen) atoms. The minimum absolute atomic E-state index is 0.325. The molecule has 2 rings (SSSR count). The van der Waals surface area contributed by atoms with Crippen molar-refractivity contribution in [3.63, 3.8) is 0 Å². The molecular formula is C15H19NS. The van der Waals surface area contributed by atoms with Gasteiger partial charge in [-0.25, -0.2) is 0 Å². The van der Waals surface area contributed by atoms with Crippen LogP contribution in [-0.2, 0) is 6.42 Å². The van der Waals surface area contributed by atoms with Crippen molar-refractivity contribution in [3.8, 4) is 0 Å². The van der Waals surface area contributed by atoms with Crippen molar-refractivity contribution in [2.75, 3.05) is 7.05 Å². The summed E-state index contributed by atoms with van der Waals surface area (Å²) in [6.07, 6.45) is 1.10. The van der Waals surface area contributed by atoms with Crippen molar-refractivity contribution in [2.24, 2.45) is 0 Å². The fourth-order valence-corrected chi connectivity index (χ4v) is 3.23. The van der Waals surface area contributed by atoms with Gasteiger partial charge in [-0.05, 0) is 43.0 Å². The second-order valence-corrected chi connectivity index (χ2v) is 5.24. The number of rotatable bonds is 4. The van der Waals surface area contributed by atoms with E-state index in [4.69, 9.17) is 0 Å². The summed E-state index contributed by atoms with van der Waals surface area (Å²) in [7, 11) is 2.03. The molecule has 1 atom stereocenters. The maximum absolute atomic E-state index is 3.43. The summed E-state index contributed by atoms with van der Waals surface area (Å²) >= 11 is 1.84. The fraction of sp³-hybridized carbons (Fsp3) is 0.333. The molecule has 0 fully saturated rings. The van der Waals surface area contributed by atoms with Crippen LogP contribution in [0.25, 0.3) is 0 Å². The third kappa shape index (κ3) is 2.59. The summed E-state index contributed by atoms with van der Waals surface area (Å²) in [6.45, 7) is 4.34. The second-order valence-electron chi connectivity index (χ2n) is 4.30. The van der Waals surface area contributed by atoms with E-state index in [0.29, 0.717) is 6.04 Å². The van der Waals surface area contributed by atoms with Crippen LogP contribution < -0.4 is 5.32 Å². The third-order valence-corrected chi connectivity index (χ3v) is 4.15. The van der Waals surface area contributed by atoms with E-state index in [2.05, 4.69) is 54.9 Å². The molecule has 1 aromatic heterocycles. The molecule has 2 aromatic rings. The average Bonchev–Trinajstić information content (AvgIpc) is 2.81. The molecule has 0 aliphatic rings. The maximum atomic E-state index is 3.43. The van der Waals surface area contributed by atoms with Crippen LogP contribution in [0.1, 0.15) is 34.5 Å². The summed E-state index contributed by atoms with van der Waals surface area (Å²) in [6, 6.07) is 11.4. The van der Waals surface area contributed by atoms with Crippen LogP contribution in [0.5, 0.6) is 0 Å². The van der Waals surface area contributed by atoms with Crippen molar-refractivity contribution in [2.45, 2.75) is 26.3 Å². The van der Waals surface area contributed by atoms with Crippen LogP contribution in [0.4, 0.5) is 0 Å². The van der Waals surface area contributed by atoms with Crippen LogP contribution in [0.3, 0.4) is 0 Å². The zero-order valence-corrected chi connectivity index (χ0v) is 11.5. The number of hydrogen-bond donors (Lipinski definition) is 1. The molecule has 0 saturated carbocycles. The molecule has 1 heterocycles. The molecular weight excluding hydrogens is 226 g/mol. The zero-order chi connectivity index (χ0) is 12.3. The topological polar surface area (TPSA) is 12.0 Å². The Morgan fingerprint density at radius 2 is 1.88 bits per heavy atom. The first kappa shape index (κ1) is 12.3. The zero-order valence-electron chi connectivity index (χ0n) is 10.7. The van der Waals surface area contributed by atoms with E-state index in [-0.39, 0.29) is 0 Å². The van der Waals surface area contributed by atoms with E-state index in [1.54, 1.807) is 0 Å². The second kappa shape index (κ2) is 5.48. The Bertz CT molecular complexity index is 470. The van der Waals surface area contributed by atoms with E-state index in [1.807, 2.05) is 18.4 Å². The van der Waals surface area contributed by atoms with Crippen molar-refractivity contribution < 1.29 is 0 Å². The van der Waals surface area contributed by atoms with Gasteiger partial charge in [0, 0.05) is 4.88 Å². The third-order valence-electron chi connectivity index (χ3n) is 3.12. The molecule has 1 N–H and O–H groups in total. The highest BCUT2D eigenvalue weighted by molar-refractivity contribution is 7.10. The van der Waals surface area contributed by atoms with Crippen LogP contribution in [0.15, 0.2) is 35.7 Å². The highest BCUT2D eigenvalue weighted by Gasteiger charge is 2.16. The first-order chi connectivity index (χ1) is 8.26. The van der Waals surface area contributed by atoms with Gasteiger partial charge < -0.3 is 5.32 Å². The van der Waals surface area contributed by atoms with Gasteiger partial charge in [0.1, 0.15) is 0 Å². The van der Waals surface area contributed by atoms with Gasteiger partial charge in [0.25, 0.3) is 0 Å². The van der Waals surface area contributed by atoms with Gasteiger partial charge in [0.05, 0.1) is 6.04 Å². The molecule has 0 amide bonds. The molecule has 90 valence electrons. The van der Waals surface area contributed by atoms with Crippen molar-refractivity contribution in [1.29, 1.82) is 0 Å². The lowest BCUT2D eigenvalue weighted by Crippen LogP contribution is -2.17. The molecule has 2 heteroatoms. The van der Waals surface area contributed by atoms with Gasteiger partial charge in [0.2, 0.25) is 0 Å². The summed E-state index contributed by atoms with van der Waals surface area (Å²) in [4.78, 5) is 1.44. The molecule has 0 aliphatic carbocycles. The van der Waals surface area contributed by atoms with Gasteiger partial charge in [-0.2, -0.15) is 0 Å². The smallest absolute Gasteiger partial charge is 0.0671 e. The van der Waals surface area contributed by atoms with Gasteiger partial charge in [-0.3, -0.25) is 0 Å². The molecule has 0 aliphatic heterocycles. The van der Waals surface area contributed by atoms with E-state index in [9.17, 15) is 0 Å². The van der Waals surface area contributed by atoms with Gasteiger partial charge in [-0.1, -0.05) is 36.8 Å². The quantitative estimate of drug-likeness (QED) is 0.860. The van der Waals surface area contributed by atoms with Crippen molar-refractivity contribution >= 4 is 11.3 Å². The molecule has 0 spiro atoms. The largest absolute Gasteiger partial charge is 0.309 e. The van der Waals surface area contributed by atoms with Crippen molar-refractivity contribution in [3.05, 3.63) is 57.3 Å². The van der Waals surface area contributed by atoms with Crippen LogP contribution in [0, 0.1) is 6.92 Å². The lowest BCUT2D eigenvalue weighted by molar-refractivity contribution is 0.697. The van der Waals surface area contributed by atoms with Gasteiger partial charge in [-0.15, -0.1) is 11.3 Å². The Morgan fingerprint density at radius 1 is 1.18 bits per heavy atom. The molecule has 0 radical (unpaired) electrons. The Morgan fingerprint density at radius 3 is 2.47 bits per heavy atom. The van der Waals surface area contributed by atoms with Crippen LogP contribution in [-0.4, -0.2) is 7.05 Å². The van der Waals surface area contributed by atoms with Gasteiger partial charge >= 0.3 is 0 Å². The van der Waals surface area contributed by atoms with Gasteiger partial charge in [0.15, 0.2) is 0 Å². The summed E-state index contributed by atoms with van der Waals surface area (Å²) in [5.74, 6) is 0. The number of thiophene rings is 1. The Kier molecular flexibility index (Phi) is 3.97. The van der Waals surface area contributed by atoms with E-state index in [1.165, 1.54) is 21.6 Å². The number of aryl methyl sites for hydroxylation is 2. The van der Waals surface area contributed by atoms with E-state index < -0.39 is 0 Å². The molecule has 0 bridgehead atoms. The standard InChI is InChI=1S/C15H19NS/c1-4-12-9-10-17-15(12)14(16-3)13-7-5-11(2)6-8-13/h5-10,14,16H,4H2,1-3H3. The molecule has 1 aromatic carbocycles. The minimum Gasteiger partial charge on any atom is -0.309 e. The Labute approximate surface area is 108 Å². The van der Waals surface area contributed by atoms with Crippen LogP contribution >= 0.6 is 11.3 Å². The molecule has 0 saturated heterocycles. The summed E-state index contributed by atoms with van der Waals surface area (Å²) < 4.78 is 0. The lowest BCUT2D eigenvalue weighted by atomic mass is 10.0. The summed E-state index contributed by atoms with van der Waals surface area (Å²) in [5.41, 5.74) is 4.11. The van der Waals surface area contributed by atoms with E-state index >= 15 is 0 Å². The van der Waals surface area contributed by atoms with Crippen molar-refractivity contribution in [1.82, 2.24) is 5.32 Å². The first-order valence-electron chi connectivity index (χ1n) is 6.06. The maximum Gasteiger partial charge on any atom is 0.0671 e. The van der Waals surface area contributed by atoms with Crippen LogP contribution in [0.2, 0.25) is 0 Å². The predicted octanol–water partition coefficient (Wildman–Crippen LogP) is 3.93. The SMILES string of the molecule is CCc1ccsc1C(NC)c1ccc(C)cc1. The normalized spacial score (nSPS) is 12.6. The fourth-order valence-electron chi connectivity index (χ4n) is 2.10. The molecule has 1 unspecified atom stereocenters. The monoisotopic (exact) mass is 245 g/mol. The number of hydrogen-bond acceptors (Lipinski definition) is 2. The number of benzene rings is 1. The molecule has 1 nitrogen and oxygen atoms in total. The number of nitrogens with one attached hydrogen (secondary N) is 1. The Hall–Kier alpha value is -1.12. The Balaban J connectivity index is 2.36. The minimum atomic E-state index is 0.325. The summed E-state index contributed by atoms with van der Waals surface area (Å²) in [5, 5.41) is 5.61.